The average molecular weight is 460 g/mol. The lowest BCUT2D eigenvalue weighted by atomic mass is 10.2. The van der Waals surface area contributed by atoms with E-state index < -0.39 is 12.8 Å². The lowest BCUT2D eigenvalue weighted by Crippen LogP contribution is -2.32. The Labute approximate surface area is 157 Å². The molecule has 0 aliphatic rings. The number of hydrogen-bond donors (Lipinski definition) is 2. The second-order valence-corrected chi connectivity index (χ2v) is 5.10. The zero-order valence-electron chi connectivity index (χ0n) is 13.6. The zero-order valence-corrected chi connectivity index (χ0v) is 15.9. The molecule has 0 saturated heterocycles. The number of unbranched alkanes of at least 4 members (excludes halogenated alkanes) is 3. The first-order valence-corrected chi connectivity index (χ1v) is 7.59. The van der Waals surface area contributed by atoms with Crippen LogP contribution in [0.2, 0.25) is 0 Å². The normalized spacial score (nSPS) is 11.8. The van der Waals surface area contributed by atoms with Gasteiger partial charge in [-0.2, -0.15) is 13.2 Å². The van der Waals surface area contributed by atoms with Crippen molar-refractivity contribution in [3.8, 4) is 5.88 Å². The maximum Gasteiger partial charge on any atom is 0.422 e. The molecule has 0 unspecified atom stereocenters. The Morgan fingerprint density at radius 1 is 1.29 bits per heavy atom. The summed E-state index contributed by atoms with van der Waals surface area (Å²) in [6, 6.07) is 2.99. The molecule has 3 N–H and O–H groups in total. The van der Waals surface area contributed by atoms with Crippen molar-refractivity contribution in [2.75, 3.05) is 13.2 Å². The number of nitrogens with two attached hydrogens (primary N) is 1. The molecule has 0 saturated carbocycles. The fraction of sp³-hybridized carbons (Fsp3) is 0.600. The summed E-state index contributed by atoms with van der Waals surface area (Å²) in [6.45, 7) is 1.88. The van der Waals surface area contributed by atoms with Gasteiger partial charge in [0.15, 0.2) is 12.6 Å². The topological polar surface area (TPSA) is 72.5 Å². The summed E-state index contributed by atoms with van der Waals surface area (Å²) in [6.07, 6.45) is 1.62. The van der Waals surface area contributed by atoms with Gasteiger partial charge in [-0.25, -0.2) is 9.98 Å². The highest BCUT2D eigenvalue weighted by Crippen LogP contribution is 2.17. The van der Waals surface area contributed by atoms with Crippen LogP contribution in [-0.4, -0.2) is 30.3 Å². The minimum Gasteiger partial charge on any atom is -0.468 e. The van der Waals surface area contributed by atoms with Crippen molar-refractivity contribution >= 4 is 29.9 Å². The fourth-order valence-electron chi connectivity index (χ4n) is 1.75. The summed E-state index contributed by atoms with van der Waals surface area (Å²) in [5, 5.41) is 3.02. The van der Waals surface area contributed by atoms with E-state index in [1.165, 1.54) is 25.1 Å². The fourth-order valence-corrected chi connectivity index (χ4v) is 1.75. The first kappa shape index (κ1) is 22.7. The molecule has 0 aliphatic heterocycles. The van der Waals surface area contributed by atoms with E-state index in [1.807, 2.05) is 0 Å². The van der Waals surface area contributed by atoms with E-state index in [9.17, 15) is 13.2 Å². The third-order valence-electron chi connectivity index (χ3n) is 2.95. The van der Waals surface area contributed by atoms with Crippen molar-refractivity contribution < 1.29 is 17.9 Å². The Balaban J connectivity index is 0.00000529. The van der Waals surface area contributed by atoms with Gasteiger partial charge < -0.3 is 15.8 Å². The number of halogens is 4. The zero-order chi connectivity index (χ0) is 17.1. The molecule has 5 nitrogen and oxygen atoms in total. The molecule has 0 aliphatic carbocycles. The number of nitrogens with one attached hydrogen (secondary N) is 1. The maximum absolute atomic E-state index is 12.0. The first-order chi connectivity index (χ1) is 10.9. The molecule has 0 bridgehead atoms. The SMILES string of the molecule is CCCCCCNC(N)=NCc1ccc(OCC(F)(F)F)nc1.I. The smallest absolute Gasteiger partial charge is 0.422 e. The minimum absolute atomic E-state index is 0. The highest BCUT2D eigenvalue weighted by Gasteiger charge is 2.28. The summed E-state index contributed by atoms with van der Waals surface area (Å²) < 4.78 is 40.6. The van der Waals surface area contributed by atoms with Crippen LogP contribution in [-0.2, 0) is 6.54 Å². The molecule has 138 valence electrons. The Morgan fingerprint density at radius 3 is 2.62 bits per heavy atom. The second-order valence-electron chi connectivity index (χ2n) is 5.10. The van der Waals surface area contributed by atoms with E-state index in [0.717, 1.165) is 24.9 Å². The van der Waals surface area contributed by atoms with Gasteiger partial charge in [0.05, 0.1) is 6.54 Å². The number of alkyl halides is 3. The van der Waals surface area contributed by atoms with Crippen LogP contribution in [0.15, 0.2) is 23.3 Å². The number of hydrogen-bond acceptors (Lipinski definition) is 3. The molecule has 9 heteroatoms. The van der Waals surface area contributed by atoms with Gasteiger partial charge >= 0.3 is 6.18 Å². The number of ether oxygens (including phenoxy) is 1. The van der Waals surface area contributed by atoms with Crippen molar-refractivity contribution in [1.82, 2.24) is 10.3 Å². The summed E-state index contributed by atoms with van der Waals surface area (Å²) in [5.41, 5.74) is 6.47. The second kappa shape index (κ2) is 12.2. The van der Waals surface area contributed by atoms with Gasteiger partial charge in [-0.1, -0.05) is 32.3 Å². The number of rotatable bonds is 9. The molecule has 0 aromatic carbocycles. The lowest BCUT2D eigenvalue weighted by Gasteiger charge is -2.08. The molecule has 1 rings (SSSR count). The third kappa shape index (κ3) is 11.3. The third-order valence-corrected chi connectivity index (χ3v) is 2.95. The van der Waals surface area contributed by atoms with Gasteiger partial charge in [-0.05, 0) is 12.0 Å². The van der Waals surface area contributed by atoms with Crippen LogP contribution in [0, 0.1) is 0 Å². The molecule has 1 aromatic heterocycles. The van der Waals surface area contributed by atoms with Crippen LogP contribution >= 0.6 is 24.0 Å². The highest BCUT2D eigenvalue weighted by atomic mass is 127. The predicted molar refractivity (Wildman–Crippen MR) is 98.7 cm³/mol. The van der Waals surface area contributed by atoms with Crippen molar-refractivity contribution in [3.05, 3.63) is 23.9 Å². The molecule has 0 spiro atoms. The van der Waals surface area contributed by atoms with Gasteiger partial charge in [0.25, 0.3) is 0 Å². The Morgan fingerprint density at radius 2 is 2.04 bits per heavy atom. The summed E-state index contributed by atoms with van der Waals surface area (Å²) in [4.78, 5) is 7.95. The van der Waals surface area contributed by atoms with Gasteiger partial charge in [0.2, 0.25) is 5.88 Å². The standard InChI is InChI=1S/C15H23F3N4O.HI/c1-2-3-4-5-8-20-14(19)22-10-12-6-7-13(21-9-12)23-11-15(16,17)18;/h6-7,9H,2-5,8,10-11H2,1H3,(H3,19,20,22);1H. The van der Waals surface area contributed by atoms with E-state index in [4.69, 9.17) is 5.73 Å². The van der Waals surface area contributed by atoms with Crippen LogP contribution in [0.25, 0.3) is 0 Å². The predicted octanol–water partition coefficient (Wildman–Crippen LogP) is 3.63. The summed E-state index contributed by atoms with van der Waals surface area (Å²) in [5.74, 6) is 0.274. The van der Waals surface area contributed by atoms with E-state index in [0.29, 0.717) is 12.5 Å². The monoisotopic (exact) mass is 460 g/mol. The number of pyridine rings is 1. The van der Waals surface area contributed by atoms with Gasteiger partial charge in [0.1, 0.15) is 0 Å². The molecular formula is C15H24F3IN4O. The van der Waals surface area contributed by atoms with Gasteiger partial charge in [-0.15, -0.1) is 24.0 Å². The van der Waals surface area contributed by atoms with Crippen LogP contribution in [0.5, 0.6) is 5.88 Å². The molecule has 1 aromatic rings. The van der Waals surface area contributed by atoms with Crippen molar-refractivity contribution in [3.63, 3.8) is 0 Å². The highest BCUT2D eigenvalue weighted by molar-refractivity contribution is 14.0. The Kier molecular flexibility index (Phi) is 11.5. The van der Waals surface area contributed by atoms with Crippen LogP contribution in [0.3, 0.4) is 0 Å². The van der Waals surface area contributed by atoms with Gasteiger partial charge in [0, 0.05) is 18.8 Å². The number of aromatic nitrogens is 1. The molecule has 0 amide bonds. The van der Waals surface area contributed by atoms with Crippen LogP contribution < -0.4 is 15.8 Å². The lowest BCUT2D eigenvalue weighted by molar-refractivity contribution is -0.154. The molecule has 1 heterocycles. The van der Waals surface area contributed by atoms with E-state index >= 15 is 0 Å². The summed E-state index contributed by atoms with van der Waals surface area (Å²) >= 11 is 0. The molecule has 24 heavy (non-hydrogen) atoms. The quantitative estimate of drug-likeness (QED) is 0.256. The number of nitrogens with zero attached hydrogens (tertiary/aromatic N) is 2. The van der Waals surface area contributed by atoms with E-state index in [-0.39, 0.29) is 29.9 Å². The maximum atomic E-state index is 12.0. The summed E-state index contributed by atoms with van der Waals surface area (Å²) in [7, 11) is 0. The number of aliphatic imine (C=N–C) groups is 1. The minimum atomic E-state index is -4.37. The Bertz CT molecular complexity index is 481. The molecule has 0 radical (unpaired) electrons. The molecular weight excluding hydrogens is 436 g/mol. The van der Waals surface area contributed by atoms with Crippen molar-refractivity contribution in [1.29, 1.82) is 0 Å². The van der Waals surface area contributed by atoms with E-state index in [1.54, 1.807) is 6.07 Å². The first-order valence-electron chi connectivity index (χ1n) is 7.59. The van der Waals surface area contributed by atoms with Gasteiger partial charge in [-0.3, -0.25) is 0 Å². The van der Waals surface area contributed by atoms with Crippen LogP contribution in [0.4, 0.5) is 13.2 Å². The largest absolute Gasteiger partial charge is 0.468 e. The Hall–Kier alpha value is -1.26. The van der Waals surface area contributed by atoms with Crippen molar-refractivity contribution in [2.45, 2.75) is 45.3 Å². The molecule has 0 atom stereocenters. The number of guanidine groups is 1. The average Bonchev–Trinajstić information content (AvgIpc) is 2.51. The van der Waals surface area contributed by atoms with E-state index in [2.05, 4.69) is 27.0 Å². The molecule has 0 fully saturated rings. The van der Waals surface area contributed by atoms with Crippen LogP contribution in [0.1, 0.15) is 38.2 Å². The van der Waals surface area contributed by atoms with Crippen molar-refractivity contribution in [2.24, 2.45) is 10.7 Å².